The molecular weight excluding hydrogens is 356 g/mol. The summed E-state index contributed by atoms with van der Waals surface area (Å²) in [7, 11) is 0. The Balaban J connectivity index is 1.61. The lowest BCUT2D eigenvalue weighted by molar-refractivity contribution is 0.174. The predicted molar refractivity (Wildman–Crippen MR) is 106 cm³/mol. The second-order valence-electron chi connectivity index (χ2n) is 6.48. The average Bonchev–Trinajstić information content (AvgIpc) is 3.17. The predicted octanol–water partition coefficient (Wildman–Crippen LogP) is 3.77. The maximum Gasteiger partial charge on any atom is 0.262 e. The number of nitrogens with one attached hydrogen (secondary N) is 2. The highest BCUT2D eigenvalue weighted by Crippen LogP contribution is 2.37. The Kier molecular flexibility index (Phi) is 3.72. The molecule has 5 rings (SSSR count). The van der Waals surface area contributed by atoms with Gasteiger partial charge >= 0.3 is 0 Å². The van der Waals surface area contributed by atoms with Gasteiger partial charge in [-0.1, -0.05) is 24.3 Å². The third-order valence-electron chi connectivity index (χ3n) is 4.69. The molecule has 2 aromatic carbocycles. The lowest BCUT2D eigenvalue weighted by atomic mass is 10.0. The molecule has 2 N–H and O–H groups in total. The van der Waals surface area contributed by atoms with E-state index in [0.717, 1.165) is 22.4 Å². The maximum atomic E-state index is 12.9. The largest absolute Gasteiger partial charge is 0.454 e. The van der Waals surface area contributed by atoms with Gasteiger partial charge in [-0.05, 0) is 47.9 Å². The van der Waals surface area contributed by atoms with Crippen LogP contribution in [0.2, 0.25) is 0 Å². The molecule has 0 atom stereocenters. The first kappa shape index (κ1) is 16.3. The number of ether oxygens (including phenoxy) is 2. The average molecular weight is 372 g/mol. The number of H-pyrrole nitrogens is 1. The van der Waals surface area contributed by atoms with Crippen molar-refractivity contribution in [3.8, 4) is 22.6 Å². The fraction of sp³-hybridized carbons (Fsp3) is 0.0952. The molecule has 7 heteroatoms. The number of pyridine rings is 1. The summed E-state index contributed by atoms with van der Waals surface area (Å²) in [6.07, 6.45) is 1.65. The Bertz CT molecular complexity index is 1270. The fourth-order valence-corrected chi connectivity index (χ4v) is 3.27. The van der Waals surface area contributed by atoms with Crippen molar-refractivity contribution in [1.29, 1.82) is 0 Å². The van der Waals surface area contributed by atoms with Gasteiger partial charge in [0.15, 0.2) is 17.1 Å². The summed E-state index contributed by atoms with van der Waals surface area (Å²) in [4.78, 5) is 24.5. The van der Waals surface area contributed by atoms with Gasteiger partial charge < -0.3 is 14.8 Å². The van der Waals surface area contributed by atoms with E-state index in [1.165, 1.54) is 0 Å². The van der Waals surface area contributed by atoms with Crippen molar-refractivity contribution >= 4 is 22.7 Å². The summed E-state index contributed by atoms with van der Waals surface area (Å²) >= 11 is 0. The van der Waals surface area contributed by atoms with Crippen molar-refractivity contribution in [3.63, 3.8) is 0 Å². The van der Waals surface area contributed by atoms with E-state index < -0.39 is 0 Å². The van der Waals surface area contributed by atoms with E-state index in [0.29, 0.717) is 28.5 Å². The fourth-order valence-electron chi connectivity index (χ4n) is 3.27. The van der Waals surface area contributed by atoms with Gasteiger partial charge in [-0.3, -0.25) is 9.78 Å². The number of hydrogen-bond donors (Lipinski definition) is 2. The number of rotatable bonds is 3. The molecule has 138 valence electrons. The van der Waals surface area contributed by atoms with Crippen LogP contribution in [0.25, 0.3) is 22.2 Å². The van der Waals surface area contributed by atoms with Crippen LogP contribution < -0.4 is 20.3 Å². The molecule has 0 bridgehead atoms. The first-order valence-corrected chi connectivity index (χ1v) is 8.81. The minimum Gasteiger partial charge on any atom is -0.454 e. The third-order valence-corrected chi connectivity index (χ3v) is 4.69. The SMILES string of the molecule is Cc1ccccc1Nc1nc2nccc(-c3ccc4c(c3)OCO4)c2c(=O)[nH]1. The van der Waals surface area contributed by atoms with Crippen LogP contribution in [-0.2, 0) is 0 Å². The number of hydrogen-bond acceptors (Lipinski definition) is 6. The maximum absolute atomic E-state index is 12.9. The van der Waals surface area contributed by atoms with Crippen LogP contribution in [0.1, 0.15) is 5.56 Å². The first-order valence-electron chi connectivity index (χ1n) is 8.81. The highest BCUT2D eigenvalue weighted by Gasteiger charge is 2.17. The topological polar surface area (TPSA) is 89.1 Å². The molecule has 0 radical (unpaired) electrons. The van der Waals surface area contributed by atoms with E-state index in [1.54, 1.807) is 12.3 Å². The number of aryl methyl sites for hydroxylation is 1. The molecule has 3 heterocycles. The van der Waals surface area contributed by atoms with Crippen molar-refractivity contribution in [1.82, 2.24) is 15.0 Å². The van der Waals surface area contributed by atoms with Crippen LogP contribution >= 0.6 is 0 Å². The van der Waals surface area contributed by atoms with Gasteiger partial charge in [0, 0.05) is 11.9 Å². The number of para-hydroxylation sites is 1. The van der Waals surface area contributed by atoms with Crippen LogP contribution in [0, 0.1) is 6.92 Å². The lowest BCUT2D eigenvalue weighted by Crippen LogP contribution is -2.13. The van der Waals surface area contributed by atoms with Gasteiger partial charge in [-0.15, -0.1) is 0 Å². The molecule has 7 nitrogen and oxygen atoms in total. The minimum atomic E-state index is -0.262. The Labute approximate surface area is 160 Å². The Morgan fingerprint density at radius 3 is 2.82 bits per heavy atom. The number of anilines is 2. The smallest absolute Gasteiger partial charge is 0.262 e. The minimum absolute atomic E-state index is 0.200. The van der Waals surface area contributed by atoms with Gasteiger partial charge in [0.2, 0.25) is 12.7 Å². The number of fused-ring (bicyclic) bond motifs is 2. The van der Waals surface area contributed by atoms with Crippen LogP contribution in [-0.4, -0.2) is 21.7 Å². The number of nitrogens with zero attached hydrogens (tertiary/aromatic N) is 2. The van der Waals surface area contributed by atoms with E-state index in [9.17, 15) is 4.79 Å². The number of aromatic amines is 1. The Morgan fingerprint density at radius 2 is 1.93 bits per heavy atom. The zero-order chi connectivity index (χ0) is 19.1. The molecule has 0 fully saturated rings. The van der Waals surface area contributed by atoms with Gasteiger partial charge in [0.05, 0.1) is 5.39 Å². The summed E-state index contributed by atoms with van der Waals surface area (Å²) in [5.74, 6) is 1.70. The second-order valence-corrected chi connectivity index (χ2v) is 6.48. The van der Waals surface area contributed by atoms with Crippen LogP contribution in [0.5, 0.6) is 11.5 Å². The molecule has 0 saturated heterocycles. The van der Waals surface area contributed by atoms with Gasteiger partial charge in [0.1, 0.15) is 0 Å². The van der Waals surface area contributed by atoms with Gasteiger partial charge in [-0.25, -0.2) is 4.98 Å². The monoisotopic (exact) mass is 372 g/mol. The Morgan fingerprint density at radius 1 is 1.07 bits per heavy atom. The molecule has 2 aromatic heterocycles. The lowest BCUT2D eigenvalue weighted by Gasteiger charge is -2.10. The van der Waals surface area contributed by atoms with E-state index in [1.807, 2.05) is 49.4 Å². The second kappa shape index (κ2) is 6.38. The molecule has 28 heavy (non-hydrogen) atoms. The van der Waals surface area contributed by atoms with Crippen molar-refractivity contribution < 1.29 is 9.47 Å². The highest BCUT2D eigenvalue weighted by molar-refractivity contribution is 5.92. The van der Waals surface area contributed by atoms with Crippen molar-refractivity contribution in [3.05, 3.63) is 70.6 Å². The zero-order valence-electron chi connectivity index (χ0n) is 15.0. The molecule has 1 aliphatic rings. The summed E-state index contributed by atoms with van der Waals surface area (Å²) in [6.45, 7) is 2.18. The molecule has 0 amide bonds. The zero-order valence-corrected chi connectivity index (χ0v) is 15.0. The summed E-state index contributed by atoms with van der Waals surface area (Å²) in [5, 5.41) is 3.58. The van der Waals surface area contributed by atoms with Crippen LogP contribution in [0.4, 0.5) is 11.6 Å². The quantitative estimate of drug-likeness (QED) is 0.569. The number of benzene rings is 2. The summed E-state index contributed by atoms with van der Waals surface area (Å²) < 4.78 is 10.8. The molecular formula is C21H16N4O3. The van der Waals surface area contributed by atoms with E-state index in [4.69, 9.17) is 9.47 Å². The Hall–Kier alpha value is -3.87. The summed E-state index contributed by atoms with van der Waals surface area (Å²) in [6, 6.07) is 15.2. The van der Waals surface area contributed by atoms with Crippen LogP contribution in [0.3, 0.4) is 0 Å². The third kappa shape index (κ3) is 2.73. The van der Waals surface area contributed by atoms with Crippen molar-refractivity contribution in [2.45, 2.75) is 6.92 Å². The van der Waals surface area contributed by atoms with Crippen molar-refractivity contribution in [2.75, 3.05) is 12.1 Å². The van der Waals surface area contributed by atoms with E-state index >= 15 is 0 Å². The highest BCUT2D eigenvalue weighted by atomic mass is 16.7. The molecule has 4 aromatic rings. The molecule has 0 saturated carbocycles. The first-order chi connectivity index (χ1) is 13.7. The van der Waals surface area contributed by atoms with Gasteiger partial charge in [-0.2, -0.15) is 4.98 Å². The van der Waals surface area contributed by atoms with Crippen molar-refractivity contribution in [2.24, 2.45) is 0 Å². The van der Waals surface area contributed by atoms with E-state index in [2.05, 4.69) is 20.3 Å². The molecule has 1 aliphatic heterocycles. The van der Waals surface area contributed by atoms with E-state index in [-0.39, 0.29) is 12.4 Å². The summed E-state index contributed by atoms with van der Waals surface area (Å²) in [5.41, 5.74) is 3.60. The molecule has 0 spiro atoms. The molecule has 0 unspecified atom stereocenters. The van der Waals surface area contributed by atoms with Gasteiger partial charge in [0.25, 0.3) is 5.56 Å². The standard InChI is InChI=1S/C21H16N4O3/c1-12-4-2-3-5-15(12)23-21-24-19-18(20(26)25-21)14(8-9-22-19)13-6-7-16-17(10-13)28-11-27-16/h2-10H,11H2,1H3,(H2,22,23,24,25,26). The van der Waals surface area contributed by atoms with Crippen LogP contribution in [0.15, 0.2) is 59.5 Å². The number of aromatic nitrogens is 3. The normalized spacial score (nSPS) is 12.3. The molecule has 0 aliphatic carbocycles.